The van der Waals surface area contributed by atoms with Crippen LogP contribution in [0.25, 0.3) is 0 Å². The quantitative estimate of drug-likeness (QED) is 0.625. The van der Waals surface area contributed by atoms with Gasteiger partial charge in [0.2, 0.25) is 0 Å². The number of amides is 1. The van der Waals surface area contributed by atoms with Crippen LogP contribution in [-0.2, 0) is 11.3 Å². The van der Waals surface area contributed by atoms with Crippen molar-refractivity contribution < 1.29 is 24.3 Å². The van der Waals surface area contributed by atoms with E-state index in [4.69, 9.17) is 14.6 Å². The van der Waals surface area contributed by atoms with Gasteiger partial charge in [-0.05, 0) is 12.1 Å². The number of nitrogens with zero attached hydrogens (tertiary/aromatic N) is 1. The summed E-state index contributed by atoms with van der Waals surface area (Å²) in [5.74, 6) is 0.466. The molecular weight excluding hydrogens is 268 g/mol. The molecule has 1 unspecified atom stereocenters. The molecule has 8 heteroatoms. The topological polar surface area (TPSA) is 111 Å². The summed E-state index contributed by atoms with van der Waals surface area (Å²) in [6.45, 7) is 0.967. The van der Waals surface area contributed by atoms with Crippen LogP contribution in [0.4, 0.5) is 10.5 Å². The molecule has 108 valence electrons. The molecule has 8 nitrogen and oxygen atoms in total. The van der Waals surface area contributed by atoms with E-state index in [1.807, 2.05) is 0 Å². The van der Waals surface area contributed by atoms with E-state index in [-0.39, 0.29) is 23.9 Å². The number of nitrogens with one attached hydrogen (secondary N) is 1. The number of nitro benzene ring substituents is 1. The molecule has 1 amide bonds. The first-order chi connectivity index (χ1) is 9.56. The van der Waals surface area contributed by atoms with Crippen molar-refractivity contribution >= 4 is 11.8 Å². The van der Waals surface area contributed by atoms with Crippen LogP contribution in [0.2, 0.25) is 0 Å². The highest BCUT2D eigenvalue weighted by molar-refractivity contribution is 5.64. The van der Waals surface area contributed by atoms with Gasteiger partial charge in [0.05, 0.1) is 30.2 Å². The third kappa shape index (κ3) is 3.58. The molecule has 20 heavy (non-hydrogen) atoms. The second-order valence-corrected chi connectivity index (χ2v) is 4.31. The predicted molar refractivity (Wildman–Crippen MR) is 67.8 cm³/mol. The van der Waals surface area contributed by atoms with Crippen molar-refractivity contribution in [3.63, 3.8) is 0 Å². The molecule has 1 heterocycles. The summed E-state index contributed by atoms with van der Waals surface area (Å²) >= 11 is 0. The Hall–Kier alpha value is -2.35. The maximum atomic E-state index is 10.9. The molecule has 0 aliphatic carbocycles. The average molecular weight is 282 g/mol. The highest BCUT2D eigenvalue weighted by atomic mass is 16.6. The summed E-state index contributed by atoms with van der Waals surface area (Å²) in [6, 6.07) is 4.29. The Bertz CT molecular complexity index is 513. The normalized spacial score (nSPS) is 17.7. The highest BCUT2D eigenvalue weighted by Crippen LogP contribution is 2.25. The Morgan fingerprint density at radius 3 is 3.00 bits per heavy atom. The van der Waals surface area contributed by atoms with E-state index in [1.165, 1.54) is 18.2 Å². The molecule has 1 atom stereocenters. The van der Waals surface area contributed by atoms with Crippen molar-refractivity contribution in [2.24, 2.45) is 0 Å². The Kier molecular flexibility index (Phi) is 4.36. The van der Waals surface area contributed by atoms with Crippen molar-refractivity contribution in [3.8, 4) is 5.75 Å². The molecule has 1 fully saturated rings. The van der Waals surface area contributed by atoms with Crippen molar-refractivity contribution in [2.45, 2.75) is 19.1 Å². The van der Waals surface area contributed by atoms with Crippen LogP contribution in [0.15, 0.2) is 18.2 Å². The molecule has 1 aliphatic rings. The van der Waals surface area contributed by atoms with Gasteiger partial charge in [0.1, 0.15) is 11.9 Å². The average Bonchev–Trinajstić information content (AvgIpc) is 2.89. The summed E-state index contributed by atoms with van der Waals surface area (Å²) in [5, 5.41) is 21.6. The van der Waals surface area contributed by atoms with Gasteiger partial charge in [0.25, 0.3) is 5.69 Å². The Balaban J connectivity index is 2.15. The smallest absolute Gasteiger partial charge is 0.404 e. The summed E-state index contributed by atoms with van der Waals surface area (Å²) in [7, 11) is 0. The maximum Gasteiger partial charge on any atom is 0.404 e. The second-order valence-electron chi connectivity index (χ2n) is 4.31. The van der Waals surface area contributed by atoms with Gasteiger partial charge >= 0.3 is 6.09 Å². The Morgan fingerprint density at radius 1 is 1.60 bits per heavy atom. The van der Waals surface area contributed by atoms with E-state index >= 15 is 0 Å². The lowest BCUT2D eigenvalue weighted by Crippen LogP contribution is -2.21. The zero-order valence-electron chi connectivity index (χ0n) is 10.6. The first kappa shape index (κ1) is 14.1. The lowest BCUT2D eigenvalue weighted by atomic mass is 10.1. The summed E-state index contributed by atoms with van der Waals surface area (Å²) in [5.41, 5.74) is 0.114. The fourth-order valence-electron chi connectivity index (χ4n) is 1.92. The third-order valence-electron chi connectivity index (χ3n) is 2.87. The van der Waals surface area contributed by atoms with Gasteiger partial charge in [0, 0.05) is 12.5 Å². The molecule has 0 spiro atoms. The number of rotatable bonds is 5. The van der Waals surface area contributed by atoms with Crippen molar-refractivity contribution in [1.29, 1.82) is 0 Å². The molecule has 1 saturated heterocycles. The molecule has 0 bridgehead atoms. The van der Waals surface area contributed by atoms with Crippen LogP contribution < -0.4 is 10.1 Å². The van der Waals surface area contributed by atoms with E-state index in [2.05, 4.69) is 5.32 Å². The van der Waals surface area contributed by atoms with Crippen LogP contribution in [0.1, 0.15) is 12.0 Å². The van der Waals surface area contributed by atoms with E-state index < -0.39 is 11.0 Å². The number of nitro groups is 1. The van der Waals surface area contributed by atoms with Crippen LogP contribution in [0, 0.1) is 10.1 Å². The molecule has 1 aromatic rings. The fourth-order valence-corrected chi connectivity index (χ4v) is 1.92. The van der Waals surface area contributed by atoms with Crippen molar-refractivity contribution in [1.82, 2.24) is 5.32 Å². The van der Waals surface area contributed by atoms with Gasteiger partial charge in [-0.2, -0.15) is 0 Å². The van der Waals surface area contributed by atoms with E-state index in [9.17, 15) is 14.9 Å². The number of hydrogen-bond donors (Lipinski definition) is 2. The van der Waals surface area contributed by atoms with E-state index in [0.717, 1.165) is 6.42 Å². The number of benzene rings is 1. The third-order valence-corrected chi connectivity index (χ3v) is 2.87. The van der Waals surface area contributed by atoms with E-state index in [1.54, 1.807) is 0 Å². The van der Waals surface area contributed by atoms with Gasteiger partial charge in [0.15, 0.2) is 0 Å². The van der Waals surface area contributed by atoms with Gasteiger partial charge < -0.3 is 19.9 Å². The Labute approximate surface area is 114 Å². The van der Waals surface area contributed by atoms with Gasteiger partial charge in [-0.25, -0.2) is 4.79 Å². The van der Waals surface area contributed by atoms with Crippen LogP contribution >= 0.6 is 0 Å². The zero-order valence-corrected chi connectivity index (χ0v) is 10.6. The number of ether oxygens (including phenoxy) is 2. The molecule has 2 rings (SSSR count). The largest absolute Gasteiger partial charge is 0.488 e. The van der Waals surface area contributed by atoms with E-state index in [0.29, 0.717) is 19.0 Å². The molecule has 0 saturated carbocycles. The summed E-state index contributed by atoms with van der Waals surface area (Å²) in [4.78, 5) is 20.8. The van der Waals surface area contributed by atoms with Gasteiger partial charge in [-0.1, -0.05) is 0 Å². The van der Waals surface area contributed by atoms with Crippen molar-refractivity contribution in [2.75, 3.05) is 13.2 Å². The maximum absolute atomic E-state index is 10.9. The molecule has 1 aromatic carbocycles. The number of carbonyl (C=O) groups is 1. The molecule has 0 aromatic heterocycles. The standard InChI is InChI=1S/C12H14N2O6/c15-12(16)13-6-8-5-9(1-2-11(8)14(17)18)20-10-3-4-19-7-10/h1-2,5,10,13H,3-4,6-7H2,(H,15,16). The molecule has 2 N–H and O–H groups in total. The SMILES string of the molecule is O=C(O)NCc1cc(OC2CCOC2)ccc1[N+](=O)[O-]. The predicted octanol–water partition coefficient (Wildman–Crippen LogP) is 1.53. The second kappa shape index (κ2) is 6.20. The number of carboxylic acid groups (broad SMARTS) is 1. The van der Waals surface area contributed by atoms with Gasteiger partial charge in [-0.15, -0.1) is 0 Å². The van der Waals surface area contributed by atoms with Gasteiger partial charge in [-0.3, -0.25) is 10.1 Å². The molecular formula is C12H14N2O6. The Morgan fingerprint density at radius 2 is 2.40 bits per heavy atom. The zero-order chi connectivity index (χ0) is 14.5. The first-order valence-electron chi connectivity index (χ1n) is 6.05. The van der Waals surface area contributed by atoms with Crippen LogP contribution in [-0.4, -0.2) is 35.4 Å². The highest BCUT2D eigenvalue weighted by Gasteiger charge is 2.20. The fraction of sp³-hybridized carbons (Fsp3) is 0.417. The lowest BCUT2D eigenvalue weighted by Gasteiger charge is -2.13. The van der Waals surface area contributed by atoms with Crippen LogP contribution in [0.3, 0.4) is 0 Å². The monoisotopic (exact) mass is 282 g/mol. The lowest BCUT2D eigenvalue weighted by molar-refractivity contribution is -0.385. The van der Waals surface area contributed by atoms with Crippen LogP contribution in [0.5, 0.6) is 5.75 Å². The minimum Gasteiger partial charge on any atom is -0.488 e. The number of hydrogen-bond acceptors (Lipinski definition) is 5. The molecule has 1 aliphatic heterocycles. The first-order valence-corrected chi connectivity index (χ1v) is 6.05. The summed E-state index contributed by atoms with van der Waals surface area (Å²) < 4.78 is 10.8. The minimum atomic E-state index is -1.24. The van der Waals surface area contributed by atoms with Crippen molar-refractivity contribution in [3.05, 3.63) is 33.9 Å². The minimum absolute atomic E-state index is 0.0725. The summed E-state index contributed by atoms with van der Waals surface area (Å²) in [6.07, 6.45) is -0.550. The molecule has 0 radical (unpaired) electrons.